The molecule has 0 saturated carbocycles. The molecule has 0 aliphatic heterocycles. The van der Waals surface area contributed by atoms with Gasteiger partial charge in [0.2, 0.25) is 0 Å². The number of hydrogen-bond donors (Lipinski definition) is 0. The van der Waals surface area contributed by atoms with E-state index in [2.05, 4.69) is 341 Å². The SMILES string of the molecule is CC1(C)c2cc(-c3ccc(-c4ccc5ccc6cccc7ccc4c5c67)cc3)ccc2-c2ccc(-c3ccc4ccc5cccc6ccc3c4c56)cc21.c1ccc2cc(-c3ccc(-c4c5ccccc5c(-c5cccc6ccccc56)c5ccccc45)cc3)ccc2c1. The lowest BCUT2D eigenvalue weighted by Crippen LogP contribution is -2.15. The highest BCUT2D eigenvalue weighted by Gasteiger charge is 2.36. The molecule has 0 heteroatoms. The second-order valence-corrected chi connectivity index (χ2v) is 26.2. The Balaban J connectivity index is 0.000000138. The monoisotopic (exact) mass is 1180 g/mol. The van der Waals surface area contributed by atoms with Crippen LogP contribution in [0.2, 0.25) is 0 Å². The van der Waals surface area contributed by atoms with Gasteiger partial charge in [0.15, 0.2) is 0 Å². The molecule has 19 aromatic rings. The minimum Gasteiger partial charge on any atom is -0.0616 e. The predicted octanol–water partition coefficient (Wildman–Crippen LogP) is 26.1. The second-order valence-electron chi connectivity index (χ2n) is 26.2. The summed E-state index contributed by atoms with van der Waals surface area (Å²) in [4.78, 5) is 0. The molecule has 0 saturated heterocycles. The molecule has 0 unspecified atom stereocenters. The van der Waals surface area contributed by atoms with E-state index in [-0.39, 0.29) is 5.41 Å². The molecule has 0 amide bonds. The van der Waals surface area contributed by atoms with Crippen molar-refractivity contribution >= 4 is 108 Å². The Bertz CT molecular complexity index is 6140. The topological polar surface area (TPSA) is 0 Å². The molecule has 1 aliphatic carbocycles. The van der Waals surface area contributed by atoms with Gasteiger partial charge in [-0.05, 0) is 215 Å². The van der Waals surface area contributed by atoms with Gasteiger partial charge in [-0.25, -0.2) is 0 Å². The maximum Gasteiger partial charge on any atom is 0.0159 e. The van der Waals surface area contributed by atoms with Crippen molar-refractivity contribution in [1.82, 2.24) is 0 Å². The van der Waals surface area contributed by atoms with Crippen LogP contribution in [0, 0.1) is 0 Å². The minimum atomic E-state index is -0.123. The van der Waals surface area contributed by atoms with E-state index in [0.717, 1.165) is 0 Å². The lowest BCUT2D eigenvalue weighted by atomic mass is 9.80. The quantitative estimate of drug-likeness (QED) is 0.115. The summed E-state index contributed by atoms with van der Waals surface area (Å²) in [5.41, 5.74) is 20.6. The summed E-state index contributed by atoms with van der Waals surface area (Å²) in [7, 11) is 0. The molecule has 0 heterocycles. The van der Waals surface area contributed by atoms with Crippen molar-refractivity contribution in [2.24, 2.45) is 0 Å². The summed E-state index contributed by atoms with van der Waals surface area (Å²) < 4.78 is 0. The van der Waals surface area contributed by atoms with Crippen LogP contribution in [-0.4, -0.2) is 0 Å². The summed E-state index contributed by atoms with van der Waals surface area (Å²) in [5.74, 6) is 0. The van der Waals surface area contributed by atoms with Crippen LogP contribution in [-0.2, 0) is 5.41 Å². The van der Waals surface area contributed by atoms with Crippen molar-refractivity contribution in [3.05, 3.63) is 339 Å². The molecule has 20 rings (SSSR count). The zero-order chi connectivity index (χ0) is 61.5. The van der Waals surface area contributed by atoms with E-state index in [1.54, 1.807) is 0 Å². The molecule has 0 spiro atoms. The Morgan fingerprint density at radius 2 is 0.516 bits per heavy atom. The number of fused-ring (bicyclic) bond motifs is 7. The molecule has 93 heavy (non-hydrogen) atoms. The van der Waals surface area contributed by atoms with Gasteiger partial charge in [0, 0.05) is 5.41 Å². The molecule has 0 fully saturated rings. The maximum atomic E-state index is 2.46. The first-order valence-electron chi connectivity index (χ1n) is 32.6. The third-order valence-corrected chi connectivity index (χ3v) is 20.8. The van der Waals surface area contributed by atoms with Crippen molar-refractivity contribution in [2.45, 2.75) is 19.3 Å². The lowest BCUT2D eigenvalue weighted by Gasteiger charge is -2.23. The average molecular weight is 1180 g/mol. The van der Waals surface area contributed by atoms with E-state index < -0.39 is 0 Å². The van der Waals surface area contributed by atoms with Crippen molar-refractivity contribution in [1.29, 1.82) is 0 Å². The standard InChI is InChI=1S/C53H34.C40H26/c1-53(2)47-29-39(31-9-11-32(12-10-31)41-23-17-37-15-13-33-5-3-7-35-19-27-45(41)51(37)49(33)35)21-25-43(47)44-26-22-40(30-48(44)53)42-24-18-38-16-14-34-6-4-8-36-20-28-46(42)52(38)50(34)36;1-2-12-31-26-32(25-22-27(31)10-1)28-20-23-30(24-21-28)39-35-15-5-7-17-37(35)40(38-18-8-6-16-36(38)39)34-19-9-13-29-11-3-4-14-33(29)34/h3-30H,1-2H3;1-26H. The fraction of sp³-hybridized carbons (Fsp3) is 0.0323. The van der Waals surface area contributed by atoms with E-state index in [1.807, 2.05) is 0 Å². The first-order chi connectivity index (χ1) is 45.9. The average Bonchev–Trinajstić information content (AvgIpc) is 1.71. The second kappa shape index (κ2) is 20.7. The summed E-state index contributed by atoms with van der Waals surface area (Å²) >= 11 is 0. The van der Waals surface area contributed by atoms with E-state index in [0.29, 0.717) is 0 Å². The van der Waals surface area contributed by atoms with Crippen LogP contribution in [0.1, 0.15) is 25.0 Å². The minimum absolute atomic E-state index is 0.123. The van der Waals surface area contributed by atoms with E-state index in [4.69, 9.17) is 0 Å². The van der Waals surface area contributed by atoms with Gasteiger partial charge in [0.25, 0.3) is 0 Å². The Hall–Kier alpha value is -11.7. The first-order valence-corrected chi connectivity index (χ1v) is 32.6. The van der Waals surface area contributed by atoms with Gasteiger partial charge < -0.3 is 0 Å². The highest BCUT2D eigenvalue weighted by atomic mass is 14.4. The molecule has 19 aromatic carbocycles. The molecule has 432 valence electrons. The highest BCUT2D eigenvalue weighted by molar-refractivity contribution is 6.28. The molecular weight excluding hydrogens is 1120 g/mol. The van der Waals surface area contributed by atoms with Crippen molar-refractivity contribution < 1.29 is 0 Å². The Morgan fingerprint density at radius 3 is 1.09 bits per heavy atom. The Morgan fingerprint density at radius 1 is 0.172 bits per heavy atom. The summed E-state index contributed by atoms with van der Waals surface area (Å²) in [6, 6.07) is 122. The fourth-order valence-corrected chi connectivity index (χ4v) is 16.3. The van der Waals surface area contributed by atoms with Crippen molar-refractivity contribution in [2.75, 3.05) is 0 Å². The molecule has 0 N–H and O–H groups in total. The number of hydrogen-bond acceptors (Lipinski definition) is 0. The van der Waals surface area contributed by atoms with Gasteiger partial charge in [-0.3, -0.25) is 0 Å². The van der Waals surface area contributed by atoms with Crippen LogP contribution >= 0.6 is 0 Å². The zero-order valence-corrected chi connectivity index (χ0v) is 51.7. The predicted molar refractivity (Wildman–Crippen MR) is 400 cm³/mol. The highest BCUT2D eigenvalue weighted by Crippen LogP contribution is 2.52. The van der Waals surface area contributed by atoms with Crippen molar-refractivity contribution in [3.63, 3.8) is 0 Å². The number of rotatable bonds is 6. The summed E-state index contributed by atoms with van der Waals surface area (Å²) in [6.45, 7) is 4.79. The maximum absolute atomic E-state index is 2.46. The third kappa shape index (κ3) is 8.32. The van der Waals surface area contributed by atoms with Crippen molar-refractivity contribution in [3.8, 4) is 77.9 Å². The molecule has 1 aliphatic rings. The van der Waals surface area contributed by atoms with Crippen LogP contribution < -0.4 is 0 Å². The van der Waals surface area contributed by atoms with Gasteiger partial charge >= 0.3 is 0 Å². The van der Waals surface area contributed by atoms with Gasteiger partial charge in [-0.1, -0.05) is 323 Å². The summed E-state index contributed by atoms with van der Waals surface area (Å²) in [5, 5.41) is 26.2. The summed E-state index contributed by atoms with van der Waals surface area (Å²) in [6.07, 6.45) is 0. The van der Waals surface area contributed by atoms with Crippen LogP contribution in [0.15, 0.2) is 328 Å². The fourth-order valence-electron chi connectivity index (χ4n) is 16.3. The number of benzene rings is 19. The molecule has 0 atom stereocenters. The third-order valence-electron chi connectivity index (χ3n) is 20.8. The smallest absolute Gasteiger partial charge is 0.0159 e. The van der Waals surface area contributed by atoms with E-state index in [1.165, 1.54) is 197 Å². The van der Waals surface area contributed by atoms with E-state index >= 15 is 0 Å². The zero-order valence-electron chi connectivity index (χ0n) is 51.7. The largest absolute Gasteiger partial charge is 0.0616 e. The van der Waals surface area contributed by atoms with Crippen LogP contribution in [0.25, 0.3) is 186 Å². The normalized spacial score (nSPS) is 12.7. The van der Waals surface area contributed by atoms with E-state index in [9.17, 15) is 0 Å². The van der Waals surface area contributed by atoms with Gasteiger partial charge in [0.05, 0.1) is 0 Å². The first kappa shape index (κ1) is 53.2. The Kier molecular flexibility index (Phi) is 11.8. The molecule has 0 aromatic heterocycles. The Labute approximate surface area is 540 Å². The van der Waals surface area contributed by atoms with Gasteiger partial charge in [-0.2, -0.15) is 0 Å². The molecular formula is C93H60. The van der Waals surface area contributed by atoms with Crippen LogP contribution in [0.3, 0.4) is 0 Å². The van der Waals surface area contributed by atoms with Gasteiger partial charge in [-0.15, -0.1) is 0 Å². The molecule has 0 bridgehead atoms. The molecule has 0 nitrogen and oxygen atoms in total. The lowest BCUT2D eigenvalue weighted by molar-refractivity contribution is 0.661. The van der Waals surface area contributed by atoms with Crippen LogP contribution in [0.5, 0.6) is 0 Å². The molecule has 0 radical (unpaired) electrons. The van der Waals surface area contributed by atoms with Crippen LogP contribution in [0.4, 0.5) is 0 Å². The van der Waals surface area contributed by atoms with Gasteiger partial charge in [0.1, 0.15) is 0 Å².